The number of aromatic nitrogens is 2. The minimum atomic E-state index is 0.291. The first-order valence-corrected chi connectivity index (χ1v) is 6.85. The normalized spacial score (nSPS) is 12.9. The number of benzene rings is 1. The molecule has 0 aliphatic heterocycles. The molecule has 1 heterocycles. The van der Waals surface area contributed by atoms with Crippen LogP contribution in [0.2, 0.25) is 0 Å². The summed E-state index contributed by atoms with van der Waals surface area (Å²) in [7, 11) is 0. The van der Waals surface area contributed by atoms with E-state index in [2.05, 4.69) is 55.9 Å². The van der Waals surface area contributed by atoms with Crippen LogP contribution in [0.3, 0.4) is 0 Å². The van der Waals surface area contributed by atoms with Gasteiger partial charge in [-0.25, -0.2) is 4.98 Å². The minimum absolute atomic E-state index is 0.291. The lowest BCUT2D eigenvalue weighted by molar-refractivity contribution is 0.487. The molecule has 0 saturated carbocycles. The maximum Gasteiger partial charge on any atom is 0.111 e. The molecule has 0 spiro atoms. The Morgan fingerprint density at radius 3 is 2.32 bits per heavy atom. The third-order valence-electron chi connectivity index (χ3n) is 3.54. The molecule has 1 atom stereocenters. The van der Waals surface area contributed by atoms with E-state index >= 15 is 0 Å². The highest BCUT2D eigenvalue weighted by Crippen LogP contribution is 2.25. The standard InChI is InChI=1S/C16H23N3/c1-10(2)14(8-17)16-18-9-15(19-16)13-6-11(3)5-12(4)7-13/h5-7,9-10,14H,8,17H2,1-4H3,(H,18,19). The lowest BCUT2D eigenvalue weighted by Crippen LogP contribution is -2.19. The van der Waals surface area contributed by atoms with Crippen LogP contribution in [-0.4, -0.2) is 16.5 Å². The van der Waals surface area contributed by atoms with Gasteiger partial charge in [0.2, 0.25) is 0 Å². The van der Waals surface area contributed by atoms with Crippen LogP contribution in [0.5, 0.6) is 0 Å². The van der Waals surface area contributed by atoms with Crippen LogP contribution in [-0.2, 0) is 0 Å². The van der Waals surface area contributed by atoms with Crippen LogP contribution in [0.25, 0.3) is 11.3 Å². The van der Waals surface area contributed by atoms with Gasteiger partial charge in [0.1, 0.15) is 5.82 Å². The third-order valence-corrected chi connectivity index (χ3v) is 3.54. The molecule has 1 aromatic heterocycles. The van der Waals surface area contributed by atoms with E-state index in [0.717, 1.165) is 11.5 Å². The van der Waals surface area contributed by atoms with Crippen molar-refractivity contribution in [3.8, 4) is 11.3 Å². The maximum atomic E-state index is 5.84. The average molecular weight is 257 g/mol. The van der Waals surface area contributed by atoms with E-state index in [4.69, 9.17) is 5.73 Å². The maximum absolute atomic E-state index is 5.84. The van der Waals surface area contributed by atoms with Crippen molar-refractivity contribution in [2.24, 2.45) is 11.7 Å². The van der Waals surface area contributed by atoms with Crippen molar-refractivity contribution < 1.29 is 0 Å². The van der Waals surface area contributed by atoms with Gasteiger partial charge in [-0.2, -0.15) is 0 Å². The van der Waals surface area contributed by atoms with E-state index in [1.165, 1.54) is 16.7 Å². The second-order valence-corrected chi connectivity index (χ2v) is 5.64. The van der Waals surface area contributed by atoms with Gasteiger partial charge in [0.25, 0.3) is 0 Å². The number of hydrogen-bond donors (Lipinski definition) is 2. The molecule has 1 unspecified atom stereocenters. The first-order chi connectivity index (χ1) is 9.01. The van der Waals surface area contributed by atoms with Crippen molar-refractivity contribution >= 4 is 0 Å². The summed E-state index contributed by atoms with van der Waals surface area (Å²) in [5.41, 5.74) is 10.6. The quantitative estimate of drug-likeness (QED) is 0.882. The Morgan fingerprint density at radius 1 is 1.16 bits per heavy atom. The first-order valence-electron chi connectivity index (χ1n) is 6.85. The zero-order chi connectivity index (χ0) is 14.0. The van der Waals surface area contributed by atoms with E-state index in [-0.39, 0.29) is 0 Å². The van der Waals surface area contributed by atoms with Crippen molar-refractivity contribution in [1.82, 2.24) is 9.97 Å². The molecule has 3 N–H and O–H groups in total. The van der Waals surface area contributed by atoms with Crippen LogP contribution in [0, 0.1) is 19.8 Å². The lowest BCUT2D eigenvalue weighted by atomic mass is 9.95. The molecular weight excluding hydrogens is 234 g/mol. The first kappa shape index (κ1) is 13.8. The van der Waals surface area contributed by atoms with E-state index in [0.29, 0.717) is 18.4 Å². The van der Waals surface area contributed by atoms with E-state index in [1.54, 1.807) is 0 Å². The Labute approximate surface area is 115 Å². The predicted molar refractivity (Wildman–Crippen MR) is 80.1 cm³/mol. The molecule has 0 fully saturated rings. The summed E-state index contributed by atoms with van der Waals surface area (Å²) in [5.74, 6) is 1.77. The summed E-state index contributed by atoms with van der Waals surface area (Å²) in [6.07, 6.45) is 1.91. The van der Waals surface area contributed by atoms with E-state index < -0.39 is 0 Å². The number of H-pyrrole nitrogens is 1. The molecule has 2 aromatic rings. The number of aryl methyl sites for hydroxylation is 2. The molecular formula is C16H23N3. The van der Waals surface area contributed by atoms with Crippen molar-refractivity contribution in [2.75, 3.05) is 6.54 Å². The summed E-state index contributed by atoms with van der Waals surface area (Å²) in [6, 6.07) is 6.53. The molecule has 0 bridgehead atoms. The molecule has 1 aromatic carbocycles. The number of nitrogens with zero attached hydrogens (tertiary/aromatic N) is 1. The van der Waals surface area contributed by atoms with Crippen molar-refractivity contribution in [1.29, 1.82) is 0 Å². The number of aromatic amines is 1. The van der Waals surface area contributed by atoms with E-state index in [1.807, 2.05) is 6.20 Å². The lowest BCUT2D eigenvalue weighted by Gasteiger charge is -2.15. The van der Waals surface area contributed by atoms with Crippen LogP contribution >= 0.6 is 0 Å². The molecule has 0 aliphatic carbocycles. The third kappa shape index (κ3) is 3.04. The molecule has 0 saturated heterocycles. The summed E-state index contributed by atoms with van der Waals surface area (Å²) >= 11 is 0. The van der Waals surface area contributed by atoms with Crippen LogP contribution < -0.4 is 5.73 Å². The largest absolute Gasteiger partial charge is 0.342 e. The highest BCUT2D eigenvalue weighted by atomic mass is 14.9. The summed E-state index contributed by atoms with van der Waals surface area (Å²) < 4.78 is 0. The van der Waals surface area contributed by atoms with E-state index in [9.17, 15) is 0 Å². The summed E-state index contributed by atoms with van der Waals surface area (Å²) in [5, 5.41) is 0. The Bertz CT molecular complexity index is 535. The number of hydrogen-bond acceptors (Lipinski definition) is 2. The number of nitrogens with two attached hydrogens (primary N) is 1. The highest BCUT2D eigenvalue weighted by Gasteiger charge is 2.17. The van der Waals surface area contributed by atoms with Crippen molar-refractivity contribution in [3.63, 3.8) is 0 Å². The zero-order valence-electron chi connectivity index (χ0n) is 12.2. The summed E-state index contributed by atoms with van der Waals surface area (Å²) in [4.78, 5) is 7.93. The van der Waals surface area contributed by atoms with Gasteiger partial charge in [0, 0.05) is 18.0 Å². The van der Waals surface area contributed by atoms with Gasteiger partial charge in [0.15, 0.2) is 0 Å². The number of nitrogens with one attached hydrogen (secondary N) is 1. The van der Waals surface area contributed by atoms with Gasteiger partial charge >= 0.3 is 0 Å². The van der Waals surface area contributed by atoms with Gasteiger partial charge < -0.3 is 10.7 Å². The zero-order valence-corrected chi connectivity index (χ0v) is 12.2. The Balaban J connectivity index is 2.35. The fourth-order valence-electron chi connectivity index (χ4n) is 2.50. The van der Waals surface area contributed by atoms with Crippen molar-refractivity contribution in [2.45, 2.75) is 33.6 Å². The monoisotopic (exact) mass is 257 g/mol. The molecule has 3 heteroatoms. The number of imidazole rings is 1. The Kier molecular flexibility index (Phi) is 4.05. The van der Waals surface area contributed by atoms with Gasteiger partial charge in [-0.05, 0) is 31.9 Å². The number of rotatable bonds is 4. The average Bonchev–Trinajstić information content (AvgIpc) is 2.77. The summed E-state index contributed by atoms with van der Waals surface area (Å²) in [6.45, 7) is 9.21. The second-order valence-electron chi connectivity index (χ2n) is 5.64. The predicted octanol–water partition coefficient (Wildman–Crippen LogP) is 3.39. The molecule has 102 valence electrons. The van der Waals surface area contributed by atoms with Gasteiger partial charge in [0.05, 0.1) is 11.9 Å². The SMILES string of the molecule is Cc1cc(C)cc(-c2cnc(C(CN)C(C)C)[nH]2)c1. The molecule has 3 nitrogen and oxygen atoms in total. The van der Waals surface area contributed by atoms with Gasteiger partial charge in [-0.3, -0.25) is 0 Å². The minimum Gasteiger partial charge on any atom is -0.342 e. The molecule has 0 radical (unpaired) electrons. The highest BCUT2D eigenvalue weighted by molar-refractivity contribution is 5.60. The van der Waals surface area contributed by atoms with Gasteiger partial charge in [-0.1, -0.05) is 31.0 Å². The van der Waals surface area contributed by atoms with Crippen molar-refractivity contribution in [3.05, 3.63) is 41.3 Å². The molecule has 2 rings (SSSR count). The topological polar surface area (TPSA) is 54.7 Å². The fourth-order valence-corrected chi connectivity index (χ4v) is 2.50. The van der Waals surface area contributed by atoms with Gasteiger partial charge in [-0.15, -0.1) is 0 Å². The van der Waals surface area contributed by atoms with Crippen LogP contribution in [0.1, 0.15) is 36.7 Å². The molecule has 0 aliphatic rings. The second kappa shape index (κ2) is 5.57. The smallest absolute Gasteiger partial charge is 0.111 e. The Hall–Kier alpha value is -1.61. The fraction of sp³-hybridized carbons (Fsp3) is 0.438. The van der Waals surface area contributed by atoms with Crippen LogP contribution in [0.15, 0.2) is 24.4 Å². The molecule has 0 amide bonds. The Morgan fingerprint density at radius 2 is 1.79 bits per heavy atom. The molecule has 19 heavy (non-hydrogen) atoms. The van der Waals surface area contributed by atoms with Crippen LogP contribution in [0.4, 0.5) is 0 Å².